The number of aryl methyl sites for hydroxylation is 1. The number of aromatic nitrogens is 3. The van der Waals surface area contributed by atoms with Crippen LogP contribution in [0.3, 0.4) is 0 Å². The van der Waals surface area contributed by atoms with E-state index in [4.69, 9.17) is 0 Å². The summed E-state index contributed by atoms with van der Waals surface area (Å²) in [7, 11) is 0. The Hall–Kier alpha value is -1.46. The highest BCUT2D eigenvalue weighted by Crippen LogP contribution is 2.17. The van der Waals surface area contributed by atoms with Crippen molar-refractivity contribution in [1.82, 2.24) is 20.1 Å². The van der Waals surface area contributed by atoms with Crippen molar-refractivity contribution in [3.8, 4) is 0 Å². The highest BCUT2D eigenvalue weighted by Gasteiger charge is 2.08. The van der Waals surface area contributed by atoms with E-state index >= 15 is 0 Å². The van der Waals surface area contributed by atoms with Gasteiger partial charge >= 0.3 is 0 Å². The maximum atomic E-state index is 4.46. The highest BCUT2D eigenvalue weighted by molar-refractivity contribution is 7.09. The van der Waals surface area contributed by atoms with Gasteiger partial charge < -0.3 is 5.32 Å². The van der Waals surface area contributed by atoms with Crippen molar-refractivity contribution in [2.45, 2.75) is 26.4 Å². The molecule has 1 unspecified atom stereocenters. The van der Waals surface area contributed by atoms with Gasteiger partial charge in [0.1, 0.15) is 5.01 Å². The van der Waals surface area contributed by atoms with E-state index in [0.29, 0.717) is 0 Å². The Morgan fingerprint density at radius 3 is 3.06 bits per heavy atom. The molecule has 90 valence electrons. The number of thiazole rings is 1. The lowest BCUT2D eigenvalue weighted by molar-refractivity contribution is 0.571. The van der Waals surface area contributed by atoms with Crippen LogP contribution in [0.25, 0.3) is 6.20 Å². The largest absolute Gasteiger partial charge is 0.304 e. The van der Waals surface area contributed by atoms with Crippen LogP contribution in [0.15, 0.2) is 24.4 Å². The number of hydrogen-bond donors (Lipinski definition) is 1. The fourth-order valence-corrected chi connectivity index (χ4v) is 2.33. The summed E-state index contributed by atoms with van der Waals surface area (Å²) in [6.07, 6.45) is 5.48. The van der Waals surface area contributed by atoms with E-state index < -0.39 is 0 Å². The quantitative estimate of drug-likeness (QED) is 0.884. The van der Waals surface area contributed by atoms with Crippen LogP contribution in [0.1, 0.15) is 29.2 Å². The molecule has 5 heteroatoms. The van der Waals surface area contributed by atoms with Crippen LogP contribution in [0, 0.1) is 6.92 Å². The second-order valence-electron chi connectivity index (χ2n) is 3.94. The molecule has 0 aliphatic carbocycles. The molecule has 0 bridgehead atoms. The molecule has 0 amide bonds. The first-order valence-electron chi connectivity index (χ1n) is 5.50. The number of nitrogens with zero attached hydrogens (tertiary/aromatic N) is 3. The Labute approximate surface area is 105 Å². The topological polar surface area (TPSA) is 42.7 Å². The van der Waals surface area contributed by atoms with Gasteiger partial charge in [-0.1, -0.05) is 6.58 Å². The third kappa shape index (κ3) is 3.01. The van der Waals surface area contributed by atoms with Crippen LogP contribution in [0.4, 0.5) is 0 Å². The lowest BCUT2D eigenvalue weighted by Gasteiger charge is -2.09. The second-order valence-corrected chi connectivity index (χ2v) is 4.83. The zero-order chi connectivity index (χ0) is 12.3. The zero-order valence-electron chi connectivity index (χ0n) is 10.1. The standard InChI is InChI=1S/C12H16N4S/c1-4-16-7-11(6-14-16)5-13-10(3)12-15-9(2)8-17-12/h4,6-8,10,13H,1,5H2,2-3H3. The first-order chi connectivity index (χ1) is 8.19. The van der Waals surface area contributed by atoms with Crippen molar-refractivity contribution in [2.24, 2.45) is 0 Å². The third-order valence-corrected chi connectivity index (χ3v) is 3.61. The van der Waals surface area contributed by atoms with Crippen molar-refractivity contribution in [1.29, 1.82) is 0 Å². The Kier molecular flexibility index (Phi) is 3.71. The van der Waals surface area contributed by atoms with E-state index in [1.165, 1.54) is 0 Å². The van der Waals surface area contributed by atoms with Crippen molar-refractivity contribution in [3.05, 3.63) is 40.6 Å². The van der Waals surface area contributed by atoms with Gasteiger partial charge in [0.05, 0.1) is 12.2 Å². The summed E-state index contributed by atoms with van der Waals surface area (Å²) < 4.78 is 1.70. The van der Waals surface area contributed by atoms with Crippen LogP contribution in [-0.4, -0.2) is 14.8 Å². The van der Waals surface area contributed by atoms with Crippen LogP contribution in [-0.2, 0) is 6.54 Å². The summed E-state index contributed by atoms with van der Waals surface area (Å²) in [6.45, 7) is 8.58. The lowest BCUT2D eigenvalue weighted by atomic mass is 10.3. The Bertz CT molecular complexity index is 500. The van der Waals surface area contributed by atoms with Gasteiger partial charge in [-0.2, -0.15) is 5.10 Å². The molecule has 0 fully saturated rings. The molecule has 2 rings (SSSR count). The van der Waals surface area contributed by atoms with Gasteiger partial charge in [-0.3, -0.25) is 0 Å². The molecule has 2 aromatic heterocycles. The van der Waals surface area contributed by atoms with E-state index in [1.807, 2.05) is 19.3 Å². The molecule has 0 aromatic carbocycles. The Morgan fingerprint density at radius 1 is 1.65 bits per heavy atom. The molecule has 0 aliphatic rings. The molecule has 4 nitrogen and oxygen atoms in total. The molecular weight excluding hydrogens is 232 g/mol. The van der Waals surface area contributed by atoms with Gasteiger partial charge in [-0.15, -0.1) is 11.3 Å². The molecule has 0 spiro atoms. The summed E-state index contributed by atoms with van der Waals surface area (Å²) >= 11 is 1.69. The van der Waals surface area contributed by atoms with Gasteiger partial charge in [-0.05, 0) is 13.8 Å². The van der Waals surface area contributed by atoms with E-state index in [1.54, 1.807) is 22.2 Å². The molecule has 1 atom stereocenters. The van der Waals surface area contributed by atoms with Gasteiger partial charge in [0, 0.05) is 35.6 Å². The van der Waals surface area contributed by atoms with E-state index in [2.05, 4.69) is 34.3 Å². The molecule has 1 N–H and O–H groups in total. The number of hydrogen-bond acceptors (Lipinski definition) is 4. The highest BCUT2D eigenvalue weighted by atomic mass is 32.1. The second kappa shape index (κ2) is 5.25. The lowest BCUT2D eigenvalue weighted by Crippen LogP contribution is -2.17. The minimum atomic E-state index is 0.265. The van der Waals surface area contributed by atoms with E-state index in [-0.39, 0.29) is 6.04 Å². The molecule has 0 aliphatic heterocycles. The predicted molar refractivity (Wildman–Crippen MR) is 70.7 cm³/mol. The van der Waals surface area contributed by atoms with Crippen molar-refractivity contribution in [2.75, 3.05) is 0 Å². The summed E-state index contributed by atoms with van der Waals surface area (Å²) in [4.78, 5) is 4.46. The zero-order valence-corrected chi connectivity index (χ0v) is 10.9. The summed E-state index contributed by atoms with van der Waals surface area (Å²) in [5.74, 6) is 0. The molecule has 0 radical (unpaired) electrons. The average Bonchev–Trinajstić information content (AvgIpc) is 2.94. The molecule has 2 aromatic rings. The number of rotatable bonds is 5. The minimum Gasteiger partial charge on any atom is -0.304 e. The average molecular weight is 248 g/mol. The van der Waals surface area contributed by atoms with E-state index in [9.17, 15) is 0 Å². The molecule has 0 saturated heterocycles. The summed E-state index contributed by atoms with van der Waals surface area (Å²) in [5.41, 5.74) is 2.23. The van der Waals surface area contributed by atoms with Gasteiger partial charge in [-0.25, -0.2) is 9.67 Å². The van der Waals surface area contributed by atoms with Crippen LogP contribution in [0.5, 0.6) is 0 Å². The summed E-state index contributed by atoms with van der Waals surface area (Å²) in [5, 5.41) is 10.8. The van der Waals surface area contributed by atoms with Gasteiger partial charge in [0.25, 0.3) is 0 Å². The van der Waals surface area contributed by atoms with Crippen molar-refractivity contribution >= 4 is 17.5 Å². The predicted octanol–water partition coefficient (Wildman–Crippen LogP) is 2.60. The normalized spacial score (nSPS) is 12.6. The molecular formula is C12H16N4S. The van der Waals surface area contributed by atoms with Crippen molar-refractivity contribution < 1.29 is 0 Å². The first-order valence-corrected chi connectivity index (χ1v) is 6.38. The Balaban J connectivity index is 1.91. The SMILES string of the molecule is C=Cn1cc(CNC(C)c2nc(C)cs2)cn1. The maximum Gasteiger partial charge on any atom is 0.110 e. The van der Waals surface area contributed by atoms with Crippen molar-refractivity contribution in [3.63, 3.8) is 0 Å². The van der Waals surface area contributed by atoms with Crippen LogP contribution < -0.4 is 5.32 Å². The molecule has 17 heavy (non-hydrogen) atoms. The van der Waals surface area contributed by atoms with Crippen LogP contribution >= 0.6 is 11.3 Å². The Morgan fingerprint density at radius 2 is 2.47 bits per heavy atom. The maximum absolute atomic E-state index is 4.46. The third-order valence-electron chi connectivity index (χ3n) is 2.46. The minimum absolute atomic E-state index is 0.265. The van der Waals surface area contributed by atoms with Gasteiger partial charge in [0.2, 0.25) is 0 Å². The van der Waals surface area contributed by atoms with Gasteiger partial charge in [0.15, 0.2) is 0 Å². The smallest absolute Gasteiger partial charge is 0.110 e. The molecule has 0 saturated carbocycles. The monoisotopic (exact) mass is 248 g/mol. The number of nitrogens with one attached hydrogen (secondary N) is 1. The van der Waals surface area contributed by atoms with Crippen LogP contribution in [0.2, 0.25) is 0 Å². The fourth-order valence-electron chi connectivity index (χ4n) is 1.50. The fraction of sp³-hybridized carbons (Fsp3) is 0.333. The molecule has 2 heterocycles. The summed E-state index contributed by atoms with van der Waals surface area (Å²) in [6, 6.07) is 0.265. The van der Waals surface area contributed by atoms with E-state index in [0.717, 1.165) is 22.8 Å². The first kappa shape index (κ1) is 12.0.